The number of methoxy groups -OCH3 is 1. The molecule has 3 amide bonds. The van der Waals surface area contributed by atoms with E-state index in [1.54, 1.807) is 29.7 Å². The second kappa shape index (κ2) is 19.0. The van der Waals surface area contributed by atoms with Gasteiger partial charge < -0.3 is 19.9 Å². The number of imide groups is 1. The van der Waals surface area contributed by atoms with Gasteiger partial charge in [0.1, 0.15) is 17.2 Å². The molecule has 3 saturated heterocycles. The fourth-order valence-corrected chi connectivity index (χ4v) is 10.8. The van der Waals surface area contributed by atoms with Gasteiger partial charge in [-0.2, -0.15) is 10.1 Å². The molecular weight excluding hydrogens is 861 g/mol. The molecule has 6 aromatic rings. The van der Waals surface area contributed by atoms with E-state index in [4.69, 9.17) is 19.8 Å². The van der Waals surface area contributed by atoms with Gasteiger partial charge in [0.15, 0.2) is 11.6 Å². The van der Waals surface area contributed by atoms with Crippen LogP contribution >= 0.6 is 0 Å². The lowest BCUT2D eigenvalue weighted by Gasteiger charge is -2.38. The summed E-state index contributed by atoms with van der Waals surface area (Å²) in [6, 6.07) is 17.4. The van der Waals surface area contributed by atoms with Crippen molar-refractivity contribution in [2.45, 2.75) is 77.8 Å². The molecule has 0 radical (unpaired) electrons. The highest BCUT2D eigenvalue weighted by molar-refractivity contribution is 6.10. The second-order valence-corrected chi connectivity index (χ2v) is 18.8. The lowest BCUT2D eigenvalue weighted by molar-refractivity contribution is -0.129. The number of nitrogens with one attached hydrogen (secondary N) is 1. The molecule has 4 fully saturated rings. The number of anilines is 5. The summed E-state index contributed by atoms with van der Waals surface area (Å²) in [5, 5.41) is 9.76. The van der Waals surface area contributed by atoms with E-state index >= 15 is 0 Å². The number of benzene rings is 2. The minimum atomic E-state index is -0.352. The SMILES string of the molecule is COc1ccc(CN2C(=O)CCN(c3nn(C)c4c(N5CCC(CCN6CCN(c7ccc(Nc8ncc9c(C)c(C(C)=O)c(=O)n(C%10CCCC%10)c9n8)nc7)CC6)CC5)cccc34)C2=O)cc1. The fraction of sp³-hybridized carbons (Fsp3) is 0.451. The Morgan fingerprint density at radius 1 is 0.838 bits per heavy atom. The molecule has 1 aliphatic carbocycles. The van der Waals surface area contributed by atoms with Crippen LogP contribution in [0.5, 0.6) is 5.75 Å². The summed E-state index contributed by atoms with van der Waals surface area (Å²) in [6.07, 6.45) is 11.1. The Bertz CT molecular complexity index is 2910. The van der Waals surface area contributed by atoms with Gasteiger partial charge >= 0.3 is 6.03 Å². The number of ketones is 1. The number of piperidine rings is 1. The maximum Gasteiger partial charge on any atom is 0.332 e. The molecule has 1 N–H and O–H groups in total. The number of para-hydroxylation sites is 1. The first-order chi connectivity index (χ1) is 33.0. The quantitative estimate of drug-likeness (QED) is 0.115. The molecule has 0 unspecified atom stereocenters. The topological polar surface area (TPSA) is 167 Å². The standard InChI is InChI=1S/C51H60N12O5/c1-33-41-31-53-50(55-47(41)63(37-8-5-6-9-37)49(66)45(33)34(2)64)54-43-17-14-38(30-52-43)59-28-26-58(27-29-59)22-18-35-19-23-60(24-20-35)42-11-7-10-40-46(42)57(3)56-48(40)61-25-21-44(65)62(51(61)67)32-36-12-15-39(68-4)16-13-36/h7,10-17,30-31,35,37H,5-6,8-9,18-29,32H2,1-4H3,(H,52,53,54,55). The first kappa shape index (κ1) is 44.9. The fourth-order valence-electron chi connectivity index (χ4n) is 10.8. The molecule has 0 spiro atoms. The number of pyridine rings is 2. The van der Waals surface area contributed by atoms with Crippen molar-refractivity contribution in [3.63, 3.8) is 0 Å². The van der Waals surface area contributed by atoms with E-state index in [1.807, 2.05) is 54.3 Å². The lowest BCUT2D eigenvalue weighted by atomic mass is 9.92. The van der Waals surface area contributed by atoms with Crippen molar-refractivity contribution >= 4 is 68.6 Å². The minimum absolute atomic E-state index is 0.0151. The normalized spacial score (nSPS) is 17.8. The Kier molecular flexibility index (Phi) is 12.6. The van der Waals surface area contributed by atoms with E-state index < -0.39 is 0 Å². The number of ether oxygens (including phenoxy) is 1. The molecule has 68 heavy (non-hydrogen) atoms. The number of amides is 3. The van der Waals surface area contributed by atoms with Crippen LogP contribution in [0.1, 0.15) is 85.8 Å². The van der Waals surface area contributed by atoms with Crippen LogP contribution in [-0.4, -0.2) is 116 Å². The third kappa shape index (κ3) is 8.74. The van der Waals surface area contributed by atoms with Crippen molar-refractivity contribution in [1.82, 2.24) is 39.1 Å². The Labute approximate surface area is 395 Å². The number of carbonyl (C=O) groups is 3. The van der Waals surface area contributed by atoms with Gasteiger partial charge in [0.2, 0.25) is 11.9 Å². The molecular formula is C51H60N12O5. The number of piperazine rings is 1. The zero-order chi connectivity index (χ0) is 47.1. The largest absolute Gasteiger partial charge is 0.497 e. The zero-order valence-electron chi connectivity index (χ0n) is 39.5. The molecule has 0 bridgehead atoms. The average molecular weight is 921 g/mol. The van der Waals surface area contributed by atoms with Gasteiger partial charge in [0.25, 0.3) is 5.56 Å². The highest BCUT2D eigenvalue weighted by Gasteiger charge is 2.36. The number of hydrogen-bond acceptors (Lipinski definition) is 13. The summed E-state index contributed by atoms with van der Waals surface area (Å²) in [6.45, 7) is 10.6. The first-order valence-electron chi connectivity index (χ1n) is 24.1. The van der Waals surface area contributed by atoms with E-state index in [0.717, 1.165) is 123 Å². The van der Waals surface area contributed by atoms with Crippen molar-refractivity contribution < 1.29 is 19.1 Å². The second-order valence-electron chi connectivity index (χ2n) is 18.8. The van der Waals surface area contributed by atoms with Crippen LogP contribution in [0, 0.1) is 12.8 Å². The predicted molar refractivity (Wildman–Crippen MR) is 263 cm³/mol. The number of fused-ring (bicyclic) bond motifs is 2. The number of carbonyl (C=O) groups excluding carboxylic acids is 3. The lowest BCUT2D eigenvalue weighted by Crippen LogP contribution is -2.52. The molecule has 354 valence electrons. The van der Waals surface area contributed by atoms with Crippen LogP contribution in [0.25, 0.3) is 21.9 Å². The zero-order valence-corrected chi connectivity index (χ0v) is 39.5. The van der Waals surface area contributed by atoms with E-state index in [2.05, 4.69) is 43.2 Å². The molecule has 10 rings (SSSR count). The number of hydrogen-bond donors (Lipinski definition) is 1. The van der Waals surface area contributed by atoms with Gasteiger partial charge in [-0.05, 0) is 106 Å². The van der Waals surface area contributed by atoms with Crippen molar-refractivity contribution in [2.24, 2.45) is 13.0 Å². The molecule has 17 heteroatoms. The molecule has 7 heterocycles. The van der Waals surface area contributed by atoms with Gasteiger partial charge in [-0.3, -0.25) is 38.3 Å². The van der Waals surface area contributed by atoms with Gasteiger partial charge in [-0.25, -0.2) is 14.8 Å². The van der Waals surface area contributed by atoms with E-state index in [9.17, 15) is 19.2 Å². The molecule has 4 aromatic heterocycles. The number of nitrogens with zero attached hydrogens (tertiary/aromatic N) is 11. The number of aryl methyl sites for hydroxylation is 2. The third-order valence-corrected chi connectivity index (χ3v) is 14.7. The Morgan fingerprint density at radius 3 is 2.31 bits per heavy atom. The van der Waals surface area contributed by atoms with Crippen LogP contribution in [0.4, 0.5) is 33.8 Å². The van der Waals surface area contributed by atoms with Crippen LogP contribution in [0.3, 0.4) is 0 Å². The summed E-state index contributed by atoms with van der Waals surface area (Å²) >= 11 is 0. The van der Waals surface area contributed by atoms with Gasteiger partial charge in [0.05, 0.1) is 42.3 Å². The molecule has 17 nitrogen and oxygen atoms in total. The van der Waals surface area contributed by atoms with Crippen LogP contribution in [0.2, 0.25) is 0 Å². The Morgan fingerprint density at radius 2 is 1.60 bits per heavy atom. The Balaban J connectivity index is 0.715. The van der Waals surface area contributed by atoms with Gasteiger partial charge in [0, 0.05) is 82.3 Å². The first-order valence-corrected chi connectivity index (χ1v) is 24.1. The van der Waals surface area contributed by atoms with E-state index in [1.165, 1.54) is 18.2 Å². The average Bonchev–Trinajstić information content (AvgIpc) is 4.01. The molecule has 1 saturated carbocycles. The van der Waals surface area contributed by atoms with Crippen molar-refractivity contribution in [1.29, 1.82) is 0 Å². The van der Waals surface area contributed by atoms with Crippen LogP contribution in [0.15, 0.2) is 71.8 Å². The van der Waals surface area contributed by atoms with Crippen molar-refractivity contribution in [2.75, 3.05) is 79.5 Å². The molecule has 0 atom stereocenters. The smallest absolute Gasteiger partial charge is 0.332 e. The van der Waals surface area contributed by atoms with Crippen LogP contribution < -0.4 is 30.3 Å². The summed E-state index contributed by atoms with van der Waals surface area (Å²) in [7, 11) is 3.55. The monoisotopic (exact) mass is 920 g/mol. The molecule has 2 aromatic carbocycles. The summed E-state index contributed by atoms with van der Waals surface area (Å²) in [5.74, 6) is 2.52. The van der Waals surface area contributed by atoms with E-state index in [-0.39, 0.29) is 47.9 Å². The highest BCUT2D eigenvalue weighted by atomic mass is 16.5. The molecule has 3 aliphatic heterocycles. The Hall–Kier alpha value is -6.88. The maximum atomic E-state index is 13.9. The highest BCUT2D eigenvalue weighted by Crippen LogP contribution is 2.37. The number of rotatable bonds is 13. The maximum absolute atomic E-state index is 13.9. The van der Waals surface area contributed by atoms with Gasteiger partial charge in [-0.1, -0.05) is 31.0 Å². The number of Topliss-reactive ketones (excluding diaryl/α,β-unsaturated/α-hetero) is 1. The molecule has 4 aliphatic rings. The number of urea groups is 1. The van der Waals surface area contributed by atoms with Crippen molar-refractivity contribution in [3.8, 4) is 5.75 Å². The summed E-state index contributed by atoms with van der Waals surface area (Å²) in [4.78, 5) is 77.6. The third-order valence-electron chi connectivity index (χ3n) is 14.7. The number of aromatic nitrogens is 6. The van der Waals surface area contributed by atoms with Crippen LogP contribution in [-0.2, 0) is 18.4 Å². The van der Waals surface area contributed by atoms with E-state index in [0.29, 0.717) is 41.3 Å². The van der Waals surface area contributed by atoms with Gasteiger partial charge in [-0.15, -0.1) is 0 Å². The predicted octanol–water partition coefficient (Wildman–Crippen LogP) is 7.24. The summed E-state index contributed by atoms with van der Waals surface area (Å²) < 4.78 is 8.89. The van der Waals surface area contributed by atoms with Crippen molar-refractivity contribution in [3.05, 3.63) is 94.0 Å². The minimum Gasteiger partial charge on any atom is -0.497 e. The summed E-state index contributed by atoms with van der Waals surface area (Å²) in [5.41, 5.74) is 5.19.